The number of carbonyl (C=O) groups is 2. The van der Waals surface area contributed by atoms with E-state index in [4.69, 9.17) is 6.42 Å². The van der Waals surface area contributed by atoms with Gasteiger partial charge in [0.15, 0.2) is 11.6 Å². The first-order valence-corrected chi connectivity index (χ1v) is 4.76. The van der Waals surface area contributed by atoms with E-state index in [1.807, 2.05) is 0 Å². The smallest absolute Gasteiger partial charge is 0.186 e. The van der Waals surface area contributed by atoms with Crippen molar-refractivity contribution in [3.8, 4) is 12.3 Å². The van der Waals surface area contributed by atoms with Crippen LogP contribution in [0.15, 0.2) is 42.5 Å². The van der Waals surface area contributed by atoms with Crippen molar-refractivity contribution in [2.24, 2.45) is 0 Å². The minimum absolute atomic E-state index is 0.192. The molecule has 1 aromatic rings. The second-order valence-corrected chi connectivity index (χ2v) is 3.35. The molecule has 2 heteroatoms. The van der Waals surface area contributed by atoms with Crippen molar-refractivity contribution < 1.29 is 9.59 Å². The molecule has 0 N–H and O–H groups in total. The van der Waals surface area contributed by atoms with Crippen LogP contribution in [0.4, 0.5) is 0 Å². The number of rotatable bonds is 1. The first kappa shape index (κ1) is 10.1. The molecule has 1 aromatic carbocycles. The molecule has 0 amide bonds. The van der Waals surface area contributed by atoms with Gasteiger partial charge in [-0.3, -0.25) is 9.59 Å². The molecule has 1 aliphatic rings. The summed E-state index contributed by atoms with van der Waals surface area (Å²) in [5.41, 5.74) is 1.61. The van der Waals surface area contributed by atoms with Crippen LogP contribution in [0.5, 0.6) is 0 Å². The third kappa shape index (κ3) is 1.71. The van der Waals surface area contributed by atoms with Crippen LogP contribution in [0.2, 0.25) is 0 Å². The van der Waals surface area contributed by atoms with Gasteiger partial charge in [-0.25, -0.2) is 0 Å². The van der Waals surface area contributed by atoms with Gasteiger partial charge >= 0.3 is 0 Å². The second-order valence-electron chi connectivity index (χ2n) is 3.35. The van der Waals surface area contributed by atoms with Gasteiger partial charge in [-0.2, -0.15) is 0 Å². The summed E-state index contributed by atoms with van der Waals surface area (Å²) in [7, 11) is 0. The Balaban J connectivity index is 2.57. The zero-order valence-electron chi connectivity index (χ0n) is 8.44. The van der Waals surface area contributed by atoms with Crippen molar-refractivity contribution in [2.75, 3.05) is 0 Å². The molecule has 0 atom stereocenters. The average Bonchev–Trinajstić information content (AvgIpc) is 2.32. The van der Waals surface area contributed by atoms with E-state index in [2.05, 4.69) is 5.92 Å². The summed E-state index contributed by atoms with van der Waals surface area (Å²) in [6.45, 7) is 0. The van der Waals surface area contributed by atoms with E-state index in [-0.39, 0.29) is 11.6 Å². The van der Waals surface area contributed by atoms with Crippen LogP contribution < -0.4 is 0 Å². The highest BCUT2D eigenvalue weighted by molar-refractivity contribution is 6.34. The van der Waals surface area contributed by atoms with Gasteiger partial charge in [0.05, 0.1) is 0 Å². The van der Waals surface area contributed by atoms with Crippen molar-refractivity contribution in [3.63, 3.8) is 0 Å². The van der Waals surface area contributed by atoms with Gasteiger partial charge in [0, 0.05) is 16.7 Å². The maximum atomic E-state index is 11.6. The van der Waals surface area contributed by atoms with Crippen LogP contribution in [0.3, 0.4) is 0 Å². The van der Waals surface area contributed by atoms with Crippen molar-refractivity contribution in [2.45, 2.75) is 0 Å². The number of hydrogen-bond acceptors (Lipinski definition) is 2. The zero-order valence-corrected chi connectivity index (χ0v) is 8.44. The standard InChI is InChI=1S/C14H8O2/c1-2-10-5-3-4-6-12(10)13-9-11(15)7-8-14(13)16/h1,3-9H. The zero-order chi connectivity index (χ0) is 11.5. The molecule has 0 heterocycles. The number of hydrogen-bond donors (Lipinski definition) is 0. The van der Waals surface area contributed by atoms with Gasteiger partial charge in [-0.1, -0.05) is 24.1 Å². The van der Waals surface area contributed by atoms with Crippen molar-refractivity contribution >= 4 is 17.1 Å². The summed E-state index contributed by atoms with van der Waals surface area (Å²) in [6.07, 6.45) is 9.19. The second kappa shape index (κ2) is 4.00. The maximum absolute atomic E-state index is 11.6. The van der Waals surface area contributed by atoms with E-state index in [1.165, 1.54) is 18.2 Å². The molecule has 0 aliphatic heterocycles. The lowest BCUT2D eigenvalue weighted by molar-refractivity contribution is -0.113. The molecule has 0 spiro atoms. The summed E-state index contributed by atoms with van der Waals surface area (Å²) in [4.78, 5) is 22.9. The largest absolute Gasteiger partial charge is 0.290 e. The molecule has 0 aromatic heterocycles. The molecule has 2 rings (SSSR count). The molecule has 0 saturated heterocycles. The molecule has 0 radical (unpaired) electrons. The number of terminal acetylenes is 1. The average molecular weight is 208 g/mol. The van der Waals surface area contributed by atoms with Crippen LogP contribution in [-0.2, 0) is 9.59 Å². The summed E-state index contributed by atoms with van der Waals surface area (Å²) in [5.74, 6) is 2.11. The summed E-state index contributed by atoms with van der Waals surface area (Å²) >= 11 is 0. The lowest BCUT2D eigenvalue weighted by Crippen LogP contribution is -2.07. The maximum Gasteiger partial charge on any atom is 0.186 e. The molecule has 1 aliphatic carbocycles. The summed E-state index contributed by atoms with van der Waals surface area (Å²) in [5, 5.41) is 0. The highest BCUT2D eigenvalue weighted by atomic mass is 16.1. The van der Waals surface area contributed by atoms with Crippen LogP contribution >= 0.6 is 0 Å². The van der Waals surface area contributed by atoms with Crippen molar-refractivity contribution in [1.82, 2.24) is 0 Å². The third-order valence-electron chi connectivity index (χ3n) is 2.32. The third-order valence-corrected chi connectivity index (χ3v) is 2.32. The number of ketones is 2. The predicted octanol–water partition coefficient (Wildman–Crippen LogP) is 1.76. The van der Waals surface area contributed by atoms with Crippen LogP contribution in [0.25, 0.3) is 5.57 Å². The highest BCUT2D eigenvalue weighted by Gasteiger charge is 2.16. The van der Waals surface area contributed by atoms with Gasteiger partial charge in [0.2, 0.25) is 0 Å². The molecular formula is C14H8O2. The molecule has 0 fully saturated rings. The fraction of sp³-hybridized carbons (Fsp3) is 0. The molecular weight excluding hydrogens is 200 g/mol. The first-order valence-electron chi connectivity index (χ1n) is 4.76. The van der Waals surface area contributed by atoms with Gasteiger partial charge in [-0.15, -0.1) is 6.42 Å². The van der Waals surface area contributed by atoms with E-state index >= 15 is 0 Å². The Morgan fingerprint density at radius 3 is 2.56 bits per heavy atom. The normalized spacial score (nSPS) is 14.6. The number of benzene rings is 1. The summed E-state index contributed by atoms with van der Waals surface area (Å²) < 4.78 is 0. The Bertz CT molecular complexity index is 569. The molecule has 2 nitrogen and oxygen atoms in total. The monoisotopic (exact) mass is 208 g/mol. The van der Waals surface area contributed by atoms with Crippen molar-refractivity contribution in [1.29, 1.82) is 0 Å². The Morgan fingerprint density at radius 1 is 1.06 bits per heavy atom. The molecule has 16 heavy (non-hydrogen) atoms. The fourth-order valence-electron chi connectivity index (χ4n) is 1.56. The van der Waals surface area contributed by atoms with Crippen LogP contribution in [0, 0.1) is 12.3 Å². The van der Waals surface area contributed by atoms with Crippen LogP contribution in [-0.4, -0.2) is 11.6 Å². The van der Waals surface area contributed by atoms with Gasteiger partial charge in [-0.05, 0) is 24.3 Å². The van der Waals surface area contributed by atoms with E-state index in [1.54, 1.807) is 24.3 Å². The molecule has 0 unspecified atom stereocenters. The lowest BCUT2D eigenvalue weighted by atomic mass is 9.93. The number of allylic oxidation sites excluding steroid dienone is 4. The quantitative estimate of drug-likeness (QED) is 0.520. The van der Waals surface area contributed by atoms with Gasteiger partial charge in [0.25, 0.3) is 0 Å². The minimum atomic E-state index is -0.193. The molecule has 76 valence electrons. The van der Waals surface area contributed by atoms with Gasteiger partial charge < -0.3 is 0 Å². The van der Waals surface area contributed by atoms with Gasteiger partial charge in [0.1, 0.15) is 0 Å². The number of carbonyl (C=O) groups excluding carboxylic acids is 2. The predicted molar refractivity (Wildman–Crippen MR) is 61.5 cm³/mol. The Kier molecular flexibility index (Phi) is 2.53. The Morgan fingerprint density at radius 2 is 1.81 bits per heavy atom. The lowest BCUT2D eigenvalue weighted by Gasteiger charge is -2.08. The molecule has 0 bridgehead atoms. The summed E-state index contributed by atoms with van der Waals surface area (Å²) in [6, 6.07) is 7.06. The van der Waals surface area contributed by atoms with E-state index < -0.39 is 0 Å². The molecule has 0 saturated carbocycles. The fourth-order valence-corrected chi connectivity index (χ4v) is 1.56. The first-order chi connectivity index (χ1) is 7.72. The highest BCUT2D eigenvalue weighted by Crippen LogP contribution is 2.22. The van der Waals surface area contributed by atoms with E-state index in [0.717, 1.165) is 0 Å². The Labute approximate surface area is 93.3 Å². The Hall–Kier alpha value is -2.40. The SMILES string of the molecule is C#Cc1ccccc1C1=CC(=O)C=CC1=O. The topological polar surface area (TPSA) is 34.1 Å². The van der Waals surface area contributed by atoms with E-state index in [9.17, 15) is 9.59 Å². The van der Waals surface area contributed by atoms with E-state index in [0.29, 0.717) is 16.7 Å². The van der Waals surface area contributed by atoms with Crippen molar-refractivity contribution in [3.05, 3.63) is 53.6 Å². The minimum Gasteiger partial charge on any atom is -0.290 e. The van der Waals surface area contributed by atoms with Crippen LogP contribution in [0.1, 0.15) is 11.1 Å².